The number of benzene rings is 1. The summed E-state index contributed by atoms with van der Waals surface area (Å²) in [5.74, 6) is -1.01. The van der Waals surface area contributed by atoms with Gasteiger partial charge >= 0.3 is 5.97 Å². The Kier molecular flexibility index (Phi) is 5.56. The second kappa shape index (κ2) is 7.86. The van der Waals surface area contributed by atoms with Crippen molar-refractivity contribution in [1.29, 1.82) is 0 Å². The molecule has 26 heavy (non-hydrogen) atoms. The van der Waals surface area contributed by atoms with Crippen LogP contribution in [-0.2, 0) is 4.74 Å². The minimum atomic E-state index is -0.552. The van der Waals surface area contributed by atoms with E-state index in [-0.39, 0.29) is 16.3 Å². The zero-order valence-electron chi connectivity index (χ0n) is 13.5. The summed E-state index contributed by atoms with van der Waals surface area (Å²) in [4.78, 5) is 28.7. The Labute approximate surface area is 163 Å². The van der Waals surface area contributed by atoms with Gasteiger partial charge in [0.2, 0.25) is 0 Å². The van der Waals surface area contributed by atoms with Crippen molar-refractivity contribution in [3.63, 3.8) is 0 Å². The molecule has 3 rings (SSSR count). The third-order valence-electron chi connectivity index (χ3n) is 3.57. The number of nitrogens with one attached hydrogen (secondary N) is 1. The van der Waals surface area contributed by atoms with Gasteiger partial charge in [-0.3, -0.25) is 4.79 Å². The molecule has 0 saturated heterocycles. The first-order valence-corrected chi connectivity index (χ1v) is 9.02. The molecule has 0 saturated carbocycles. The van der Waals surface area contributed by atoms with E-state index < -0.39 is 11.9 Å². The van der Waals surface area contributed by atoms with Crippen LogP contribution in [0.4, 0.5) is 5.00 Å². The third-order valence-corrected chi connectivity index (χ3v) is 5.02. The minimum Gasteiger partial charge on any atom is -0.465 e. The first-order valence-electron chi connectivity index (χ1n) is 7.39. The van der Waals surface area contributed by atoms with Crippen molar-refractivity contribution < 1.29 is 14.3 Å². The first kappa shape index (κ1) is 18.4. The lowest BCUT2D eigenvalue weighted by atomic mass is 10.0. The highest BCUT2D eigenvalue weighted by Crippen LogP contribution is 2.37. The highest BCUT2D eigenvalue weighted by atomic mass is 35.5. The average Bonchev–Trinajstić information content (AvgIpc) is 3.05. The van der Waals surface area contributed by atoms with Crippen LogP contribution in [0.1, 0.15) is 20.7 Å². The molecule has 1 aromatic carbocycles. The number of hydrogen-bond donors (Lipinski definition) is 1. The Balaban J connectivity index is 2.00. The lowest BCUT2D eigenvalue weighted by Gasteiger charge is -2.08. The lowest BCUT2D eigenvalue weighted by molar-refractivity contribution is 0.0603. The summed E-state index contributed by atoms with van der Waals surface area (Å²) in [5, 5.41) is 5.52. The number of anilines is 1. The van der Waals surface area contributed by atoms with E-state index in [0.717, 1.165) is 5.56 Å². The SMILES string of the molecule is COC(=O)c1c(-c2ccc(Cl)cc2)csc1NC(=O)c1cccnc1Cl. The number of nitrogens with zero attached hydrogens (tertiary/aromatic N) is 1. The number of halogens is 2. The molecule has 0 atom stereocenters. The van der Waals surface area contributed by atoms with E-state index in [1.807, 2.05) is 0 Å². The van der Waals surface area contributed by atoms with Crippen LogP contribution < -0.4 is 5.32 Å². The van der Waals surface area contributed by atoms with Gasteiger partial charge in [0.25, 0.3) is 5.91 Å². The molecule has 8 heteroatoms. The molecule has 0 spiro atoms. The maximum atomic E-state index is 12.5. The normalized spacial score (nSPS) is 10.4. The molecule has 5 nitrogen and oxygen atoms in total. The van der Waals surface area contributed by atoms with Crippen LogP contribution in [0.25, 0.3) is 11.1 Å². The summed E-state index contributed by atoms with van der Waals surface area (Å²) >= 11 is 13.1. The van der Waals surface area contributed by atoms with E-state index in [2.05, 4.69) is 10.3 Å². The van der Waals surface area contributed by atoms with Gasteiger partial charge in [0.05, 0.1) is 12.7 Å². The number of pyridine rings is 1. The fourth-order valence-corrected chi connectivity index (χ4v) is 3.61. The second-order valence-electron chi connectivity index (χ2n) is 5.15. The monoisotopic (exact) mass is 406 g/mol. The number of esters is 1. The van der Waals surface area contributed by atoms with Crippen LogP contribution in [0.5, 0.6) is 0 Å². The van der Waals surface area contributed by atoms with Crippen LogP contribution >= 0.6 is 34.5 Å². The Morgan fingerprint density at radius 3 is 2.54 bits per heavy atom. The summed E-state index contributed by atoms with van der Waals surface area (Å²) in [7, 11) is 1.29. The third kappa shape index (κ3) is 3.72. The number of aromatic nitrogens is 1. The van der Waals surface area contributed by atoms with E-state index >= 15 is 0 Å². The summed E-state index contributed by atoms with van der Waals surface area (Å²) in [5.41, 5.74) is 1.91. The number of carbonyl (C=O) groups is 2. The molecule has 3 aromatic rings. The molecule has 1 amide bonds. The quantitative estimate of drug-likeness (QED) is 0.480. The molecular weight excluding hydrogens is 395 g/mol. The van der Waals surface area contributed by atoms with Gasteiger partial charge in [0.1, 0.15) is 15.7 Å². The van der Waals surface area contributed by atoms with Gasteiger partial charge in [-0.25, -0.2) is 9.78 Å². The highest BCUT2D eigenvalue weighted by Gasteiger charge is 2.23. The van der Waals surface area contributed by atoms with Crippen LogP contribution in [0.15, 0.2) is 48.0 Å². The molecule has 0 unspecified atom stereocenters. The predicted octanol–water partition coefficient (Wildman–Crippen LogP) is 5.16. The molecule has 0 aliphatic heterocycles. The maximum Gasteiger partial charge on any atom is 0.341 e. The van der Waals surface area contributed by atoms with Crippen LogP contribution in [0.2, 0.25) is 10.2 Å². The van der Waals surface area contributed by atoms with Gasteiger partial charge in [0.15, 0.2) is 0 Å². The van der Waals surface area contributed by atoms with Gasteiger partial charge in [-0.15, -0.1) is 11.3 Å². The Morgan fingerprint density at radius 2 is 1.88 bits per heavy atom. The fraction of sp³-hybridized carbons (Fsp3) is 0.0556. The van der Waals surface area contributed by atoms with Crippen molar-refractivity contribution in [3.05, 3.63) is 69.3 Å². The largest absolute Gasteiger partial charge is 0.465 e. The maximum absolute atomic E-state index is 12.5. The topological polar surface area (TPSA) is 68.3 Å². The minimum absolute atomic E-state index is 0.0825. The zero-order valence-corrected chi connectivity index (χ0v) is 15.8. The fourth-order valence-electron chi connectivity index (χ4n) is 2.32. The zero-order chi connectivity index (χ0) is 18.7. The van der Waals surface area contributed by atoms with E-state index in [0.29, 0.717) is 15.6 Å². The van der Waals surface area contributed by atoms with Crippen molar-refractivity contribution in [2.75, 3.05) is 12.4 Å². The number of thiophene rings is 1. The summed E-state index contributed by atoms with van der Waals surface area (Å²) < 4.78 is 4.88. The van der Waals surface area contributed by atoms with Crippen LogP contribution in [0.3, 0.4) is 0 Å². The molecule has 0 aliphatic carbocycles. The van der Waals surface area contributed by atoms with Crippen LogP contribution in [0, 0.1) is 0 Å². The van der Waals surface area contributed by atoms with Gasteiger partial charge in [-0.05, 0) is 29.8 Å². The summed E-state index contributed by atoms with van der Waals surface area (Å²) in [6.07, 6.45) is 1.49. The van der Waals surface area contributed by atoms with Gasteiger partial charge in [0, 0.05) is 22.2 Å². The molecule has 0 aliphatic rings. The summed E-state index contributed by atoms with van der Waals surface area (Å²) in [6.45, 7) is 0. The van der Waals surface area contributed by atoms with E-state index in [4.69, 9.17) is 27.9 Å². The van der Waals surface area contributed by atoms with Crippen molar-refractivity contribution >= 4 is 51.4 Å². The van der Waals surface area contributed by atoms with Gasteiger partial charge in [-0.1, -0.05) is 35.3 Å². The Hall–Kier alpha value is -2.41. The molecule has 0 bridgehead atoms. The number of carbonyl (C=O) groups excluding carboxylic acids is 2. The van der Waals surface area contributed by atoms with E-state index in [1.165, 1.54) is 24.6 Å². The number of amides is 1. The molecule has 1 N–H and O–H groups in total. The van der Waals surface area contributed by atoms with Crippen molar-refractivity contribution in [1.82, 2.24) is 4.98 Å². The van der Waals surface area contributed by atoms with E-state index in [9.17, 15) is 9.59 Å². The van der Waals surface area contributed by atoms with Crippen molar-refractivity contribution in [3.8, 4) is 11.1 Å². The van der Waals surface area contributed by atoms with E-state index in [1.54, 1.807) is 41.8 Å². The predicted molar refractivity (Wildman–Crippen MR) is 103 cm³/mol. The lowest BCUT2D eigenvalue weighted by Crippen LogP contribution is -2.15. The molecular formula is C18H12Cl2N2O3S. The Bertz CT molecular complexity index is 971. The first-order chi connectivity index (χ1) is 12.5. The molecule has 0 fully saturated rings. The van der Waals surface area contributed by atoms with Crippen molar-refractivity contribution in [2.45, 2.75) is 0 Å². The molecule has 0 radical (unpaired) electrons. The number of methoxy groups -OCH3 is 1. The average molecular weight is 407 g/mol. The second-order valence-corrected chi connectivity index (χ2v) is 6.82. The smallest absolute Gasteiger partial charge is 0.341 e. The Morgan fingerprint density at radius 1 is 1.15 bits per heavy atom. The molecule has 2 heterocycles. The standard InChI is InChI=1S/C18H12Cl2N2O3S/c1-25-18(24)14-13(10-4-6-11(19)7-5-10)9-26-17(14)22-16(23)12-3-2-8-21-15(12)20/h2-9H,1H3,(H,22,23). The molecule has 132 valence electrons. The highest BCUT2D eigenvalue weighted by molar-refractivity contribution is 7.15. The summed E-state index contributed by atoms with van der Waals surface area (Å²) in [6, 6.07) is 10.2. The molecule has 2 aromatic heterocycles. The number of hydrogen-bond acceptors (Lipinski definition) is 5. The number of rotatable bonds is 4. The van der Waals surface area contributed by atoms with Gasteiger partial charge < -0.3 is 10.1 Å². The van der Waals surface area contributed by atoms with Crippen LogP contribution in [-0.4, -0.2) is 24.0 Å². The van der Waals surface area contributed by atoms with Gasteiger partial charge in [-0.2, -0.15) is 0 Å². The number of ether oxygens (including phenoxy) is 1. The van der Waals surface area contributed by atoms with Crippen molar-refractivity contribution in [2.24, 2.45) is 0 Å².